The zero-order valence-corrected chi connectivity index (χ0v) is 15.7. The van der Waals surface area contributed by atoms with Gasteiger partial charge in [-0.2, -0.15) is 0 Å². The van der Waals surface area contributed by atoms with Crippen LogP contribution >= 0.6 is 34.5 Å². The Bertz CT molecular complexity index is 1250. The zero-order chi connectivity index (χ0) is 18.4. The van der Waals surface area contributed by atoms with Crippen molar-refractivity contribution in [2.45, 2.75) is 6.92 Å². The lowest BCUT2D eigenvalue weighted by Crippen LogP contribution is -2.14. The van der Waals surface area contributed by atoms with Crippen molar-refractivity contribution in [2.75, 3.05) is 5.32 Å². The van der Waals surface area contributed by atoms with Crippen LogP contribution in [0.3, 0.4) is 0 Å². The molecular weight excluding hydrogens is 393 g/mol. The number of halogens is 2. The standard InChI is InChI=1S/C18H11Cl2N3O2S/c1-9-3-2-6-23-15(9)22-17-11(18(23)25)8-14(26-17)16(24)21-13-7-10(19)4-5-12(13)20/h2-8H,1H3,(H,21,24). The van der Waals surface area contributed by atoms with Gasteiger partial charge in [0, 0.05) is 11.2 Å². The number of aryl methyl sites for hydroxylation is 1. The van der Waals surface area contributed by atoms with Crippen molar-refractivity contribution in [3.8, 4) is 0 Å². The molecule has 0 saturated heterocycles. The quantitative estimate of drug-likeness (QED) is 0.523. The molecule has 4 rings (SSSR count). The summed E-state index contributed by atoms with van der Waals surface area (Å²) >= 11 is 13.2. The largest absolute Gasteiger partial charge is 0.320 e. The minimum absolute atomic E-state index is 0.204. The second-order valence-electron chi connectivity index (χ2n) is 5.71. The van der Waals surface area contributed by atoms with Crippen molar-refractivity contribution in [3.05, 3.63) is 73.4 Å². The molecule has 3 aromatic heterocycles. The molecule has 0 aliphatic carbocycles. The molecule has 8 heteroatoms. The summed E-state index contributed by atoms with van der Waals surface area (Å²) in [6.07, 6.45) is 1.67. The molecule has 5 nitrogen and oxygen atoms in total. The molecule has 0 atom stereocenters. The maximum atomic E-state index is 12.7. The van der Waals surface area contributed by atoms with E-state index < -0.39 is 0 Å². The number of thiophene rings is 1. The number of nitrogens with zero attached hydrogens (tertiary/aromatic N) is 2. The normalized spacial score (nSPS) is 11.2. The Morgan fingerprint density at radius 1 is 1.23 bits per heavy atom. The summed E-state index contributed by atoms with van der Waals surface area (Å²) < 4.78 is 1.49. The van der Waals surface area contributed by atoms with E-state index in [0.29, 0.717) is 36.5 Å². The van der Waals surface area contributed by atoms with E-state index in [1.807, 2.05) is 13.0 Å². The summed E-state index contributed by atoms with van der Waals surface area (Å²) in [5.74, 6) is -0.373. The molecule has 0 spiro atoms. The molecule has 0 radical (unpaired) electrons. The van der Waals surface area contributed by atoms with Crippen molar-refractivity contribution < 1.29 is 4.79 Å². The average Bonchev–Trinajstić information content (AvgIpc) is 3.04. The van der Waals surface area contributed by atoms with Crippen molar-refractivity contribution in [1.82, 2.24) is 9.38 Å². The number of rotatable bonds is 2. The molecule has 26 heavy (non-hydrogen) atoms. The zero-order valence-electron chi connectivity index (χ0n) is 13.4. The van der Waals surface area contributed by atoms with Gasteiger partial charge in [-0.15, -0.1) is 11.3 Å². The van der Waals surface area contributed by atoms with Gasteiger partial charge in [0.1, 0.15) is 10.5 Å². The van der Waals surface area contributed by atoms with Gasteiger partial charge in [-0.1, -0.05) is 29.3 Å². The summed E-state index contributed by atoms with van der Waals surface area (Å²) in [6, 6.07) is 10.0. The Labute approximate surface area is 161 Å². The van der Waals surface area contributed by atoms with Crippen molar-refractivity contribution >= 4 is 62.0 Å². The highest BCUT2D eigenvalue weighted by atomic mass is 35.5. The summed E-state index contributed by atoms with van der Waals surface area (Å²) in [4.78, 5) is 30.7. The number of nitrogens with one attached hydrogen (secondary N) is 1. The molecule has 1 amide bonds. The third-order valence-electron chi connectivity index (χ3n) is 3.93. The molecule has 1 N–H and O–H groups in total. The monoisotopic (exact) mass is 403 g/mol. The van der Waals surface area contributed by atoms with Crippen LogP contribution in [0.15, 0.2) is 47.4 Å². The Morgan fingerprint density at radius 3 is 2.85 bits per heavy atom. The van der Waals surface area contributed by atoms with Crippen LogP contribution < -0.4 is 10.9 Å². The van der Waals surface area contributed by atoms with E-state index in [9.17, 15) is 9.59 Å². The number of amides is 1. The predicted octanol–water partition coefficient (Wildman–Crippen LogP) is 4.78. The molecule has 3 heterocycles. The maximum Gasteiger partial charge on any atom is 0.266 e. The third kappa shape index (κ3) is 2.86. The van der Waals surface area contributed by atoms with Gasteiger partial charge in [0.2, 0.25) is 0 Å². The summed E-state index contributed by atoms with van der Waals surface area (Å²) in [5, 5.41) is 3.96. The van der Waals surface area contributed by atoms with E-state index in [4.69, 9.17) is 23.2 Å². The SMILES string of the molecule is Cc1cccn2c(=O)c3cc(C(=O)Nc4cc(Cl)ccc4Cl)sc3nc12. The molecule has 0 saturated carbocycles. The predicted molar refractivity (Wildman–Crippen MR) is 106 cm³/mol. The molecule has 0 aliphatic heterocycles. The van der Waals surface area contributed by atoms with Crippen LogP contribution in [0.4, 0.5) is 5.69 Å². The van der Waals surface area contributed by atoms with Crippen molar-refractivity contribution in [3.63, 3.8) is 0 Å². The van der Waals surface area contributed by atoms with Gasteiger partial charge < -0.3 is 5.32 Å². The molecule has 0 aliphatic rings. The number of hydrogen-bond acceptors (Lipinski definition) is 4. The maximum absolute atomic E-state index is 12.7. The Balaban J connectivity index is 1.80. The van der Waals surface area contributed by atoms with Crippen molar-refractivity contribution in [2.24, 2.45) is 0 Å². The molecule has 0 fully saturated rings. The number of pyridine rings is 1. The lowest BCUT2D eigenvalue weighted by atomic mass is 10.2. The van der Waals surface area contributed by atoms with E-state index in [1.54, 1.807) is 36.5 Å². The Hall–Kier alpha value is -2.41. The summed E-state index contributed by atoms with van der Waals surface area (Å²) in [6.45, 7) is 1.88. The molecule has 1 aromatic carbocycles. The van der Waals surface area contributed by atoms with Gasteiger partial charge in [0.05, 0.1) is 21.0 Å². The fourth-order valence-electron chi connectivity index (χ4n) is 2.65. The van der Waals surface area contributed by atoms with Crippen LogP contribution in [0.25, 0.3) is 15.9 Å². The van der Waals surface area contributed by atoms with E-state index in [1.165, 1.54) is 4.40 Å². The second-order valence-corrected chi connectivity index (χ2v) is 7.58. The van der Waals surface area contributed by atoms with Crippen LogP contribution in [0.5, 0.6) is 0 Å². The van der Waals surface area contributed by atoms with Gasteiger partial charge in [-0.25, -0.2) is 4.98 Å². The van der Waals surface area contributed by atoms with Crippen LogP contribution in [-0.4, -0.2) is 15.3 Å². The van der Waals surface area contributed by atoms with E-state index in [-0.39, 0.29) is 11.5 Å². The number of hydrogen-bond donors (Lipinski definition) is 1. The summed E-state index contributed by atoms with van der Waals surface area (Å²) in [7, 11) is 0. The number of fused-ring (bicyclic) bond motifs is 2. The van der Waals surface area contributed by atoms with E-state index in [2.05, 4.69) is 10.3 Å². The van der Waals surface area contributed by atoms with E-state index in [0.717, 1.165) is 16.9 Å². The average molecular weight is 404 g/mol. The summed E-state index contributed by atoms with van der Waals surface area (Å²) in [5.41, 5.74) is 1.67. The molecule has 0 bridgehead atoms. The fourth-order valence-corrected chi connectivity index (χ4v) is 3.90. The Kier molecular flexibility index (Phi) is 4.19. The first-order valence-electron chi connectivity index (χ1n) is 7.62. The molecule has 4 aromatic rings. The highest BCUT2D eigenvalue weighted by Gasteiger charge is 2.16. The first kappa shape index (κ1) is 17.0. The molecule has 0 unspecified atom stereocenters. The van der Waals surface area contributed by atoms with Crippen LogP contribution in [-0.2, 0) is 0 Å². The Morgan fingerprint density at radius 2 is 2.04 bits per heavy atom. The van der Waals surface area contributed by atoms with Crippen molar-refractivity contribution in [1.29, 1.82) is 0 Å². The number of aromatic nitrogens is 2. The minimum atomic E-state index is -0.373. The van der Waals surface area contributed by atoms with Crippen LogP contribution in [0, 0.1) is 6.92 Å². The minimum Gasteiger partial charge on any atom is -0.320 e. The number of anilines is 1. The van der Waals surface area contributed by atoms with Gasteiger partial charge in [-0.3, -0.25) is 14.0 Å². The molecular formula is C18H11Cl2N3O2S. The lowest BCUT2D eigenvalue weighted by molar-refractivity contribution is 0.103. The smallest absolute Gasteiger partial charge is 0.266 e. The third-order valence-corrected chi connectivity index (χ3v) is 5.52. The van der Waals surface area contributed by atoms with Crippen LogP contribution in [0.1, 0.15) is 15.2 Å². The highest BCUT2D eigenvalue weighted by molar-refractivity contribution is 7.20. The number of carbonyl (C=O) groups is 1. The first-order valence-corrected chi connectivity index (χ1v) is 9.19. The van der Waals surface area contributed by atoms with Gasteiger partial charge >= 0.3 is 0 Å². The van der Waals surface area contributed by atoms with Gasteiger partial charge in [0.25, 0.3) is 11.5 Å². The highest BCUT2D eigenvalue weighted by Crippen LogP contribution is 2.28. The van der Waals surface area contributed by atoms with E-state index >= 15 is 0 Å². The molecule has 130 valence electrons. The fraction of sp³-hybridized carbons (Fsp3) is 0.0556. The topological polar surface area (TPSA) is 63.5 Å². The lowest BCUT2D eigenvalue weighted by Gasteiger charge is -2.06. The number of carbonyl (C=O) groups excluding carboxylic acids is 1. The van der Waals surface area contributed by atoms with Gasteiger partial charge in [0.15, 0.2) is 0 Å². The second kappa shape index (κ2) is 6.39. The first-order chi connectivity index (χ1) is 12.4. The van der Waals surface area contributed by atoms with Gasteiger partial charge in [-0.05, 0) is 42.8 Å². The number of benzene rings is 1. The van der Waals surface area contributed by atoms with Crippen LogP contribution in [0.2, 0.25) is 10.0 Å².